The summed E-state index contributed by atoms with van der Waals surface area (Å²) in [5.41, 5.74) is -1.56. The number of hydrogen-bond acceptors (Lipinski definition) is 0. The van der Waals surface area contributed by atoms with Gasteiger partial charge in [0.2, 0.25) is 0 Å². The number of rotatable bonds is 2. The van der Waals surface area contributed by atoms with Crippen LogP contribution in [0.15, 0.2) is 42.5 Å². The van der Waals surface area contributed by atoms with E-state index in [0.717, 1.165) is 18.2 Å². The van der Waals surface area contributed by atoms with Crippen LogP contribution in [0, 0.1) is 0 Å². The molecule has 0 nitrogen and oxygen atoms in total. The van der Waals surface area contributed by atoms with E-state index in [1.54, 1.807) is 0 Å². The number of halogens is 6. The largest absolute Gasteiger partial charge is 0.417 e. The molecule has 0 amide bonds. The third-order valence-electron chi connectivity index (χ3n) is 2.77. The summed E-state index contributed by atoms with van der Waals surface area (Å²) >= 11 is 5.85. The average Bonchev–Trinajstić information content (AvgIpc) is 2.38. The normalized spacial score (nSPS) is 11.9. The zero-order valence-electron chi connectivity index (χ0n) is 9.89. The van der Waals surface area contributed by atoms with Crippen molar-refractivity contribution >= 4 is 11.6 Å². The SMILES string of the molecule is FC(F)c1ccc(Cl)c(-c2ccccc2C(F)(F)F)c1. The highest BCUT2D eigenvalue weighted by molar-refractivity contribution is 6.33. The van der Waals surface area contributed by atoms with Crippen molar-refractivity contribution in [2.75, 3.05) is 0 Å². The third kappa shape index (κ3) is 2.93. The molecule has 106 valence electrons. The quantitative estimate of drug-likeness (QED) is 0.600. The van der Waals surface area contributed by atoms with Crippen LogP contribution in [0.1, 0.15) is 17.6 Å². The van der Waals surface area contributed by atoms with Crippen molar-refractivity contribution in [2.45, 2.75) is 12.6 Å². The second kappa shape index (κ2) is 5.40. The van der Waals surface area contributed by atoms with Crippen molar-refractivity contribution in [3.05, 3.63) is 58.6 Å². The van der Waals surface area contributed by atoms with E-state index in [0.29, 0.717) is 0 Å². The first-order chi connectivity index (χ1) is 9.30. The van der Waals surface area contributed by atoms with E-state index in [1.165, 1.54) is 24.3 Å². The zero-order valence-corrected chi connectivity index (χ0v) is 10.6. The summed E-state index contributed by atoms with van der Waals surface area (Å²) in [7, 11) is 0. The van der Waals surface area contributed by atoms with Gasteiger partial charge in [-0.25, -0.2) is 8.78 Å². The van der Waals surface area contributed by atoms with Crippen molar-refractivity contribution < 1.29 is 22.0 Å². The van der Waals surface area contributed by atoms with E-state index in [-0.39, 0.29) is 21.7 Å². The molecule has 0 unspecified atom stereocenters. The minimum absolute atomic E-state index is 0.00824. The fourth-order valence-electron chi connectivity index (χ4n) is 1.85. The molecule has 0 spiro atoms. The summed E-state index contributed by atoms with van der Waals surface area (Å²) < 4.78 is 64.1. The van der Waals surface area contributed by atoms with E-state index >= 15 is 0 Å². The van der Waals surface area contributed by atoms with Gasteiger partial charge in [-0.2, -0.15) is 13.2 Å². The molecule has 20 heavy (non-hydrogen) atoms. The fourth-order valence-corrected chi connectivity index (χ4v) is 2.07. The molecule has 0 atom stereocenters. The third-order valence-corrected chi connectivity index (χ3v) is 3.09. The average molecular weight is 307 g/mol. The standard InChI is InChI=1S/C14H8ClF5/c15-12-6-5-8(13(16)17)7-10(12)9-3-1-2-4-11(9)14(18,19)20/h1-7,13H. The summed E-state index contributed by atoms with van der Waals surface area (Å²) in [5, 5.41) is -0.00824. The van der Waals surface area contributed by atoms with Crippen molar-refractivity contribution in [3.63, 3.8) is 0 Å². The highest BCUT2D eigenvalue weighted by Gasteiger charge is 2.33. The van der Waals surface area contributed by atoms with E-state index in [1.807, 2.05) is 0 Å². The van der Waals surface area contributed by atoms with Gasteiger partial charge in [0.15, 0.2) is 0 Å². The molecule has 0 bridgehead atoms. The van der Waals surface area contributed by atoms with E-state index < -0.39 is 18.2 Å². The Hall–Kier alpha value is -1.62. The van der Waals surface area contributed by atoms with Crippen LogP contribution in [0.4, 0.5) is 22.0 Å². The van der Waals surface area contributed by atoms with Crippen molar-refractivity contribution in [2.24, 2.45) is 0 Å². The molecule has 0 fully saturated rings. The first-order valence-electron chi connectivity index (χ1n) is 5.55. The van der Waals surface area contributed by atoms with Gasteiger partial charge >= 0.3 is 6.18 Å². The van der Waals surface area contributed by atoms with Crippen LogP contribution >= 0.6 is 11.6 Å². The van der Waals surface area contributed by atoms with Crippen molar-refractivity contribution in [3.8, 4) is 11.1 Å². The molecule has 2 aromatic rings. The maximum Gasteiger partial charge on any atom is 0.417 e. The van der Waals surface area contributed by atoms with Crippen LogP contribution < -0.4 is 0 Å². The molecule has 6 heteroatoms. The Kier molecular flexibility index (Phi) is 3.99. The lowest BCUT2D eigenvalue weighted by Crippen LogP contribution is -2.07. The predicted octanol–water partition coefficient (Wildman–Crippen LogP) is 5.96. The first-order valence-corrected chi connectivity index (χ1v) is 5.92. The maximum absolute atomic E-state index is 12.9. The number of alkyl halides is 5. The van der Waals surface area contributed by atoms with Crippen LogP contribution in [-0.4, -0.2) is 0 Å². The number of benzene rings is 2. The van der Waals surface area contributed by atoms with Gasteiger partial charge in [-0.1, -0.05) is 35.9 Å². The molecular formula is C14H8ClF5. The molecule has 2 aromatic carbocycles. The summed E-state index contributed by atoms with van der Waals surface area (Å²) in [5.74, 6) is 0. The highest BCUT2D eigenvalue weighted by atomic mass is 35.5. The Morgan fingerprint density at radius 1 is 0.900 bits per heavy atom. The minimum atomic E-state index is -4.58. The second-order valence-electron chi connectivity index (χ2n) is 4.08. The number of hydrogen-bond donors (Lipinski definition) is 0. The monoisotopic (exact) mass is 306 g/mol. The van der Waals surface area contributed by atoms with Crippen LogP contribution in [0.5, 0.6) is 0 Å². The fraction of sp³-hybridized carbons (Fsp3) is 0.143. The Balaban J connectivity index is 2.66. The van der Waals surface area contributed by atoms with Gasteiger partial charge in [-0.05, 0) is 23.8 Å². The minimum Gasteiger partial charge on any atom is -0.205 e. The molecule has 2 rings (SSSR count). The summed E-state index contributed by atoms with van der Waals surface area (Å²) in [6, 6.07) is 7.98. The van der Waals surface area contributed by atoms with Gasteiger partial charge in [0.05, 0.1) is 5.56 Å². The summed E-state index contributed by atoms with van der Waals surface area (Å²) in [6.45, 7) is 0. The van der Waals surface area contributed by atoms with Crippen molar-refractivity contribution in [1.29, 1.82) is 0 Å². The molecule has 0 radical (unpaired) electrons. The van der Waals surface area contributed by atoms with Crippen LogP contribution in [0.2, 0.25) is 5.02 Å². The van der Waals surface area contributed by atoms with Gasteiger partial charge in [0.1, 0.15) is 0 Å². The molecule has 0 aliphatic rings. The van der Waals surface area contributed by atoms with Gasteiger partial charge in [0.25, 0.3) is 6.43 Å². The van der Waals surface area contributed by atoms with Crippen molar-refractivity contribution in [1.82, 2.24) is 0 Å². The van der Waals surface area contributed by atoms with Crippen LogP contribution in [-0.2, 0) is 6.18 Å². The lowest BCUT2D eigenvalue weighted by molar-refractivity contribution is -0.137. The molecule has 0 N–H and O–H groups in total. The maximum atomic E-state index is 12.9. The predicted molar refractivity (Wildman–Crippen MR) is 66.8 cm³/mol. The van der Waals surface area contributed by atoms with E-state index in [2.05, 4.69) is 0 Å². The Labute approximate surface area is 116 Å². The van der Waals surface area contributed by atoms with Gasteiger partial charge in [-0.3, -0.25) is 0 Å². The summed E-state index contributed by atoms with van der Waals surface area (Å²) in [6.07, 6.45) is -7.36. The first kappa shape index (κ1) is 14.8. The zero-order chi connectivity index (χ0) is 14.9. The molecule has 0 saturated carbocycles. The molecule has 0 saturated heterocycles. The highest BCUT2D eigenvalue weighted by Crippen LogP contribution is 2.40. The second-order valence-corrected chi connectivity index (χ2v) is 4.49. The van der Waals surface area contributed by atoms with Gasteiger partial charge in [0, 0.05) is 16.1 Å². The lowest BCUT2D eigenvalue weighted by atomic mass is 9.97. The Morgan fingerprint density at radius 2 is 1.55 bits per heavy atom. The van der Waals surface area contributed by atoms with Gasteiger partial charge in [-0.15, -0.1) is 0 Å². The van der Waals surface area contributed by atoms with E-state index in [9.17, 15) is 22.0 Å². The molecular weight excluding hydrogens is 299 g/mol. The van der Waals surface area contributed by atoms with Crippen LogP contribution in [0.3, 0.4) is 0 Å². The van der Waals surface area contributed by atoms with E-state index in [4.69, 9.17) is 11.6 Å². The molecule has 0 aliphatic heterocycles. The molecule has 0 aliphatic carbocycles. The topological polar surface area (TPSA) is 0 Å². The smallest absolute Gasteiger partial charge is 0.205 e. The Bertz CT molecular complexity index is 619. The van der Waals surface area contributed by atoms with Gasteiger partial charge < -0.3 is 0 Å². The summed E-state index contributed by atoms with van der Waals surface area (Å²) in [4.78, 5) is 0. The Morgan fingerprint density at radius 3 is 2.15 bits per heavy atom. The molecule has 0 aromatic heterocycles. The lowest BCUT2D eigenvalue weighted by Gasteiger charge is -2.14. The van der Waals surface area contributed by atoms with Crippen LogP contribution in [0.25, 0.3) is 11.1 Å². The molecule has 0 heterocycles.